The summed E-state index contributed by atoms with van der Waals surface area (Å²) in [4.78, 5) is 0.131. The largest absolute Gasteiger partial charge is 0.244 e. The number of sulfonamides is 1. The first kappa shape index (κ1) is 15.0. The predicted molar refractivity (Wildman–Crippen MR) is 81.3 cm³/mol. The van der Waals surface area contributed by atoms with E-state index >= 15 is 0 Å². The molecular weight excluding hydrogens is 294 g/mol. The van der Waals surface area contributed by atoms with Gasteiger partial charge in [0.15, 0.2) is 0 Å². The van der Waals surface area contributed by atoms with Crippen LogP contribution in [0, 0.1) is 0 Å². The molecule has 2 rings (SSSR count). The van der Waals surface area contributed by atoms with Crippen molar-refractivity contribution in [1.82, 2.24) is 4.31 Å². The molecule has 0 saturated heterocycles. The monoisotopic (exact) mass is 309 g/mol. The van der Waals surface area contributed by atoms with Gasteiger partial charge in [0.25, 0.3) is 0 Å². The van der Waals surface area contributed by atoms with Crippen LogP contribution in [0.1, 0.15) is 18.5 Å². The Morgan fingerprint density at radius 2 is 1.55 bits per heavy atom. The third-order valence-electron chi connectivity index (χ3n) is 3.32. The van der Waals surface area contributed by atoms with Gasteiger partial charge < -0.3 is 0 Å². The number of hydrogen-bond acceptors (Lipinski definition) is 2. The number of rotatable bonds is 4. The van der Waals surface area contributed by atoms with Crippen molar-refractivity contribution in [1.29, 1.82) is 0 Å². The van der Waals surface area contributed by atoms with Crippen molar-refractivity contribution < 1.29 is 8.42 Å². The second-order valence-electron chi connectivity index (χ2n) is 4.54. The zero-order chi connectivity index (χ0) is 14.8. The van der Waals surface area contributed by atoms with E-state index in [-0.39, 0.29) is 16.0 Å². The summed E-state index contributed by atoms with van der Waals surface area (Å²) in [6.07, 6.45) is 0. The molecule has 0 saturated carbocycles. The van der Waals surface area contributed by atoms with Crippen LogP contribution in [0.25, 0.3) is 0 Å². The molecule has 0 aliphatic rings. The molecule has 0 radical (unpaired) electrons. The van der Waals surface area contributed by atoms with Gasteiger partial charge in [-0.15, -0.1) is 0 Å². The standard InChI is InChI=1S/C15H16ClNO2S/c1-12(13-8-4-3-5-9-13)17(2)20(18,19)15-11-7-6-10-14(15)16/h3-12H,1-2H3. The summed E-state index contributed by atoms with van der Waals surface area (Å²) in [5, 5.41) is 0.236. The first-order valence-electron chi connectivity index (χ1n) is 6.22. The van der Waals surface area contributed by atoms with E-state index in [1.54, 1.807) is 25.2 Å². The maximum Gasteiger partial charge on any atom is 0.244 e. The van der Waals surface area contributed by atoms with Crippen LogP contribution < -0.4 is 0 Å². The molecule has 20 heavy (non-hydrogen) atoms. The highest BCUT2D eigenvalue weighted by Gasteiger charge is 2.27. The summed E-state index contributed by atoms with van der Waals surface area (Å²) in [5.74, 6) is 0. The van der Waals surface area contributed by atoms with E-state index in [1.807, 2.05) is 37.3 Å². The summed E-state index contributed by atoms with van der Waals surface area (Å²) in [5.41, 5.74) is 0.936. The Kier molecular flexibility index (Phi) is 4.48. The topological polar surface area (TPSA) is 37.4 Å². The smallest absolute Gasteiger partial charge is 0.207 e. The summed E-state index contributed by atoms with van der Waals surface area (Å²) < 4.78 is 26.6. The molecule has 106 valence electrons. The Labute approximate surface area is 124 Å². The molecule has 0 spiro atoms. The lowest BCUT2D eigenvalue weighted by Crippen LogP contribution is -2.30. The second kappa shape index (κ2) is 5.95. The van der Waals surface area contributed by atoms with E-state index in [2.05, 4.69) is 0 Å². The van der Waals surface area contributed by atoms with E-state index in [0.717, 1.165) is 5.56 Å². The zero-order valence-corrected chi connectivity index (χ0v) is 12.9. The molecule has 1 unspecified atom stereocenters. The molecule has 0 aliphatic heterocycles. The summed E-state index contributed by atoms with van der Waals surface area (Å²) in [7, 11) is -2.05. The SMILES string of the molecule is CC(c1ccccc1)N(C)S(=O)(=O)c1ccccc1Cl. The minimum Gasteiger partial charge on any atom is -0.207 e. The van der Waals surface area contributed by atoms with Crippen LogP contribution >= 0.6 is 11.6 Å². The zero-order valence-electron chi connectivity index (χ0n) is 11.3. The van der Waals surface area contributed by atoms with Gasteiger partial charge in [0, 0.05) is 13.1 Å². The molecule has 2 aromatic rings. The molecule has 0 fully saturated rings. The lowest BCUT2D eigenvalue weighted by molar-refractivity contribution is 0.398. The van der Waals surface area contributed by atoms with Crippen molar-refractivity contribution in [2.45, 2.75) is 17.9 Å². The first-order valence-corrected chi connectivity index (χ1v) is 8.04. The van der Waals surface area contributed by atoms with Crippen molar-refractivity contribution in [3.63, 3.8) is 0 Å². The van der Waals surface area contributed by atoms with E-state index < -0.39 is 10.0 Å². The summed E-state index contributed by atoms with van der Waals surface area (Å²) >= 11 is 6.00. The lowest BCUT2D eigenvalue weighted by Gasteiger charge is -2.25. The van der Waals surface area contributed by atoms with Gasteiger partial charge in [0.1, 0.15) is 4.90 Å². The molecule has 0 aromatic heterocycles. The molecule has 0 heterocycles. The van der Waals surface area contributed by atoms with Crippen molar-refractivity contribution in [3.05, 3.63) is 65.2 Å². The first-order chi connectivity index (χ1) is 9.44. The van der Waals surface area contributed by atoms with Crippen molar-refractivity contribution in [2.24, 2.45) is 0 Å². The van der Waals surface area contributed by atoms with Crippen LogP contribution in [-0.2, 0) is 10.0 Å². The molecule has 0 N–H and O–H groups in total. The molecular formula is C15H16ClNO2S. The molecule has 1 atom stereocenters. The van der Waals surface area contributed by atoms with Gasteiger partial charge in [0.05, 0.1) is 5.02 Å². The highest BCUT2D eigenvalue weighted by atomic mass is 35.5. The Morgan fingerprint density at radius 1 is 1.00 bits per heavy atom. The van der Waals surface area contributed by atoms with Gasteiger partial charge in [-0.2, -0.15) is 4.31 Å². The normalized spacial score (nSPS) is 13.4. The van der Waals surface area contributed by atoms with Crippen LogP contribution in [0.5, 0.6) is 0 Å². The second-order valence-corrected chi connectivity index (χ2v) is 6.91. The fourth-order valence-electron chi connectivity index (χ4n) is 1.96. The molecule has 2 aromatic carbocycles. The Balaban J connectivity index is 2.38. The fraction of sp³-hybridized carbons (Fsp3) is 0.200. The van der Waals surface area contributed by atoms with Gasteiger partial charge >= 0.3 is 0 Å². The van der Waals surface area contributed by atoms with E-state index in [4.69, 9.17) is 11.6 Å². The van der Waals surface area contributed by atoms with Crippen LogP contribution in [0.4, 0.5) is 0 Å². The van der Waals surface area contributed by atoms with Crippen molar-refractivity contribution in [3.8, 4) is 0 Å². The van der Waals surface area contributed by atoms with Crippen molar-refractivity contribution in [2.75, 3.05) is 7.05 Å². The van der Waals surface area contributed by atoms with Crippen LogP contribution in [0.15, 0.2) is 59.5 Å². The van der Waals surface area contributed by atoms with E-state index in [1.165, 1.54) is 10.4 Å². The van der Waals surface area contributed by atoms with Gasteiger partial charge in [0.2, 0.25) is 10.0 Å². The quantitative estimate of drug-likeness (QED) is 0.863. The average molecular weight is 310 g/mol. The van der Waals surface area contributed by atoms with Gasteiger partial charge in [-0.25, -0.2) is 8.42 Å². The maximum atomic E-state index is 12.6. The summed E-state index contributed by atoms with van der Waals surface area (Å²) in [6, 6.07) is 15.7. The third-order valence-corrected chi connectivity index (χ3v) is 5.75. The molecule has 5 heteroatoms. The van der Waals surface area contributed by atoms with Crippen LogP contribution in [-0.4, -0.2) is 19.8 Å². The highest BCUT2D eigenvalue weighted by molar-refractivity contribution is 7.89. The minimum absolute atomic E-state index is 0.131. The maximum absolute atomic E-state index is 12.6. The lowest BCUT2D eigenvalue weighted by atomic mass is 10.1. The van der Waals surface area contributed by atoms with Gasteiger partial charge in [-0.3, -0.25) is 0 Å². The number of nitrogens with zero attached hydrogens (tertiary/aromatic N) is 1. The highest BCUT2D eigenvalue weighted by Crippen LogP contribution is 2.29. The molecule has 3 nitrogen and oxygen atoms in total. The average Bonchev–Trinajstić information content (AvgIpc) is 2.47. The van der Waals surface area contributed by atoms with E-state index in [9.17, 15) is 8.42 Å². The minimum atomic E-state index is -3.62. The number of hydrogen-bond donors (Lipinski definition) is 0. The third kappa shape index (κ3) is 2.87. The van der Waals surface area contributed by atoms with Gasteiger partial charge in [-0.05, 0) is 24.6 Å². The fourth-order valence-corrected chi connectivity index (χ4v) is 3.80. The predicted octanol–water partition coefficient (Wildman–Crippen LogP) is 3.72. The summed E-state index contributed by atoms with van der Waals surface area (Å²) in [6.45, 7) is 1.85. The molecule has 0 amide bonds. The Morgan fingerprint density at radius 3 is 2.15 bits per heavy atom. The Hall–Kier alpha value is -1.36. The van der Waals surface area contributed by atoms with Crippen LogP contribution in [0.3, 0.4) is 0 Å². The number of benzene rings is 2. The Bertz CT molecular complexity index is 686. The van der Waals surface area contributed by atoms with Crippen molar-refractivity contribution >= 4 is 21.6 Å². The molecule has 0 bridgehead atoms. The van der Waals surface area contributed by atoms with Crippen LogP contribution in [0.2, 0.25) is 5.02 Å². The molecule has 0 aliphatic carbocycles. The van der Waals surface area contributed by atoms with Gasteiger partial charge in [-0.1, -0.05) is 54.1 Å². The number of halogens is 1. The van der Waals surface area contributed by atoms with E-state index in [0.29, 0.717) is 0 Å².